The van der Waals surface area contributed by atoms with Crippen LogP contribution in [0.3, 0.4) is 0 Å². The van der Waals surface area contributed by atoms with Crippen LogP contribution in [0, 0.1) is 10.1 Å². The number of para-hydroxylation sites is 1. The van der Waals surface area contributed by atoms with Gasteiger partial charge in [0.15, 0.2) is 0 Å². The van der Waals surface area contributed by atoms with Crippen LogP contribution in [-0.4, -0.2) is 21.7 Å². The van der Waals surface area contributed by atoms with Crippen LogP contribution in [-0.2, 0) is 4.79 Å². The van der Waals surface area contributed by atoms with Crippen molar-refractivity contribution in [2.24, 2.45) is 5.73 Å². The summed E-state index contributed by atoms with van der Waals surface area (Å²) in [5, 5.41) is 14.4. The molecular weight excluding hydrogens is 404 g/mol. The van der Waals surface area contributed by atoms with Crippen LogP contribution in [0.5, 0.6) is 0 Å². The van der Waals surface area contributed by atoms with Gasteiger partial charge in [0.2, 0.25) is 5.91 Å². The van der Waals surface area contributed by atoms with E-state index in [-0.39, 0.29) is 16.9 Å². The number of nitro groups is 1. The van der Waals surface area contributed by atoms with Crippen molar-refractivity contribution in [2.45, 2.75) is 9.92 Å². The standard InChI is InChI=1S/C21H16N4O4S/c22-21(27)16-5-1-2-6-17(16)24-19(26)11-8-14-13-15(25(28)29)9-10-18(14)30-20-7-3-4-12-23-20/h1-13H,(H2,22,27)(H,24,26)/b11-8-. The average Bonchev–Trinajstić information content (AvgIpc) is 2.74. The molecule has 0 unspecified atom stereocenters. The van der Waals surface area contributed by atoms with E-state index in [0.717, 1.165) is 0 Å². The maximum absolute atomic E-state index is 12.3. The number of aromatic nitrogens is 1. The first-order valence-electron chi connectivity index (χ1n) is 8.69. The number of benzene rings is 2. The van der Waals surface area contributed by atoms with Gasteiger partial charge in [-0.15, -0.1) is 0 Å². The third-order valence-electron chi connectivity index (χ3n) is 3.92. The summed E-state index contributed by atoms with van der Waals surface area (Å²) in [6.07, 6.45) is 4.35. The molecule has 0 saturated heterocycles. The van der Waals surface area contributed by atoms with E-state index in [1.54, 1.807) is 36.5 Å². The molecule has 0 atom stereocenters. The lowest BCUT2D eigenvalue weighted by Crippen LogP contribution is -2.16. The number of hydrogen-bond donors (Lipinski definition) is 2. The molecule has 8 nitrogen and oxygen atoms in total. The predicted octanol–water partition coefficient (Wildman–Crippen LogP) is 3.89. The molecule has 1 heterocycles. The summed E-state index contributed by atoms with van der Waals surface area (Å²) in [6.45, 7) is 0. The minimum absolute atomic E-state index is 0.0977. The van der Waals surface area contributed by atoms with Gasteiger partial charge in [-0.25, -0.2) is 4.98 Å². The zero-order valence-electron chi connectivity index (χ0n) is 15.5. The lowest BCUT2D eigenvalue weighted by molar-refractivity contribution is -0.384. The van der Waals surface area contributed by atoms with Crippen molar-refractivity contribution < 1.29 is 14.5 Å². The SMILES string of the molecule is NC(=O)c1ccccc1NC(=O)/C=C\c1cc([N+](=O)[O-])ccc1Sc1ccccn1. The first-order valence-corrected chi connectivity index (χ1v) is 9.51. The van der Waals surface area contributed by atoms with E-state index in [1.807, 2.05) is 12.1 Å². The maximum Gasteiger partial charge on any atom is 0.270 e. The highest BCUT2D eigenvalue weighted by Crippen LogP contribution is 2.32. The molecule has 30 heavy (non-hydrogen) atoms. The van der Waals surface area contributed by atoms with Gasteiger partial charge in [-0.2, -0.15) is 0 Å². The molecule has 3 aromatic rings. The summed E-state index contributed by atoms with van der Waals surface area (Å²) in [4.78, 5) is 39.4. The van der Waals surface area contributed by atoms with E-state index in [2.05, 4.69) is 10.3 Å². The van der Waals surface area contributed by atoms with Crippen LogP contribution in [0.25, 0.3) is 6.08 Å². The van der Waals surface area contributed by atoms with Crippen LogP contribution < -0.4 is 11.1 Å². The van der Waals surface area contributed by atoms with E-state index in [1.165, 1.54) is 42.1 Å². The third kappa shape index (κ3) is 5.30. The number of carbonyl (C=O) groups is 2. The summed E-state index contributed by atoms with van der Waals surface area (Å²) in [7, 11) is 0. The zero-order valence-corrected chi connectivity index (χ0v) is 16.3. The van der Waals surface area contributed by atoms with Gasteiger partial charge in [0.25, 0.3) is 11.6 Å². The summed E-state index contributed by atoms with van der Waals surface area (Å²) in [5.74, 6) is -1.17. The van der Waals surface area contributed by atoms with Crippen molar-refractivity contribution in [2.75, 3.05) is 5.32 Å². The van der Waals surface area contributed by atoms with Crippen molar-refractivity contribution in [3.8, 4) is 0 Å². The molecule has 1 aromatic heterocycles. The highest BCUT2D eigenvalue weighted by atomic mass is 32.2. The molecule has 3 rings (SSSR count). The van der Waals surface area contributed by atoms with E-state index in [4.69, 9.17) is 5.73 Å². The Morgan fingerprint density at radius 2 is 1.87 bits per heavy atom. The van der Waals surface area contributed by atoms with Crippen molar-refractivity contribution in [3.63, 3.8) is 0 Å². The Morgan fingerprint density at radius 1 is 1.10 bits per heavy atom. The van der Waals surface area contributed by atoms with Crippen molar-refractivity contribution in [3.05, 3.63) is 94.2 Å². The fourth-order valence-corrected chi connectivity index (χ4v) is 3.41. The van der Waals surface area contributed by atoms with Gasteiger partial charge in [-0.05, 0) is 42.0 Å². The van der Waals surface area contributed by atoms with Crippen molar-refractivity contribution in [1.82, 2.24) is 4.98 Å². The van der Waals surface area contributed by atoms with Gasteiger partial charge in [-0.3, -0.25) is 19.7 Å². The Bertz CT molecular complexity index is 1130. The molecule has 150 valence electrons. The Morgan fingerprint density at radius 3 is 2.57 bits per heavy atom. The molecule has 0 bridgehead atoms. The minimum Gasteiger partial charge on any atom is -0.366 e. The molecule has 2 amide bonds. The number of rotatable bonds is 7. The Balaban J connectivity index is 1.85. The van der Waals surface area contributed by atoms with Crippen LogP contribution >= 0.6 is 11.8 Å². The minimum atomic E-state index is -0.664. The molecule has 0 radical (unpaired) electrons. The molecule has 0 aliphatic carbocycles. The molecule has 0 fully saturated rings. The lowest BCUT2D eigenvalue weighted by Gasteiger charge is -2.07. The maximum atomic E-state index is 12.3. The number of anilines is 1. The van der Waals surface area contributed by atoms with Gasteiger partial charge in [0.1, 0.15) is 5.03 Å². The van der Waals surface area contributed by atoms with Crippen LogP contribution in [0.15, 0.2) is 82.9 Å². The average molecular weight is 420 g/mol. The molecule has 2 aromatic carbocycles. The number of primary amides is 1. The summed E-state index contributed by atoms with van der Waals surface area (Å²) in [6, 6.07) is 16.2. The number of pyridine rings is 1. The molecule has 3 N–H and O–H groups in total. The monoisotopic (exact) mass is 420 g/mol. The normalized spacial score (nSPS) is 10.7. The molecule has 0 aliphatic rings. The number of nitrogens with two attached hydrogens (primary N) is 1. The van der Waals surface area contributed by atoms with Gasteiger partial charge in [0.05, 0.1) is 16.2 Å². The smallest absolute Gasteiger partial charge is 0.270 e. The molecule has 9 heteroatoms. The Labute approximate surface area is 176 Å². The van der Waals surface area contributed by atoms with E-state index < -0.39 is 16.7 Å². The first kappa shape index (κ1) is 20.7. The quantitative estimate of drug-likeness (QED) is 0.339. The second-order valence-corrected chi connectivity index (χ2v) is 7.04. The van der Waals surface area contributed by atoms with Gasteiger partial charge in [0, 0.05) is 29.3 Å². The topological polar surface area (TPSA) is 128 Å². The van der Waals surface area contributed by atoms with Gasteiger partial charge in [-0.1, -0.05) is 30.0 Å². The molecule has 0 saturated carbocycles. The summed E-state index contributed by atoms with van der Waals surface area (Å²) in [5.41, 5.74) is 6.16. The number of non-ortho nitro benzene ring substituents is 1. The molecule has 0 spiro atoms. The largest absolute Gasteiger partial charge is 0.366 e. The predicted molar refractivity (Wildman–Crippen MR) is 114 cm³/mol. The van der Waals surface area contributed by atoms with Gasteiger partial charge >= 0.3 is 0 Å². The second kappa shape index (κ2) is 9.48. The summed E-state index contributed by atoms with van der Waals surface area (Å²) >= 11 is 1.32. The van der Waals surface area contributed by atoms with E-state index in [0.29, 0.717) is 15.5 Å². The third-order valence-corrected chi connectivity index (χ3v) is 4.96. The lowest BCUT2D eigenvalue weighted by atomic mass is 10.1. The number of hydrogen-bond acceptors (Lipinski definition) is 6. The molecule has 0 aliphatic heterocycles. The van der Waals surface area contributed by atoms with E-state index in [9.17, 15) is 19.7 Å². The zero-order chi connectivity index (χ0) is 21.5. The fourth-order valence-electron chi connectivity index (χ4n) is 2.54. The summed E-state index contributed by atoms with van der Waals surface area (Å²) < 4.78 is 0. The fraction of sp³-hybridized carbons (Fsp3) is 0. The number of nitro benzene ring substituents is 1. The van der Waals surface area contributed by atoms with Crippen molar-refractivity contribution >= 4 is 41.0 Å². The van der Waals surface area contributed by atoms with E-state index >= 15 is 0 Å². The van der Waals surface area contributed by atoms with Crippen LogP contribution in [0.2, 0.25) is 0 Å². The second-order valence-electron chi connectivity index (χ2n) is 5.98. The Hall–Kier alpha value is -3.98. The first-order chi connectivity index (χ1) is 14.4. The molecular formula is C21H16N4O4S. The van der Waals surface area contributed by atoms with Gasteiger partial charge < -0.3 is 11.1 Å². The number of nitrogens with one attached hydrogen (secondary N) is 1. The van der Waals surface area contributed by atoms with Crippen molar-refractivity contribution in [1.29, 1.82) is 0 Å². The van der Waals surface area contributed by atoms with Crippen LogP contribution in [0.1, 0.15) is 15.9 Å². The highest BCUT2D eigenvalue weighted by molar-refractivity contribution is 7.99. The highest BCUT2D eigenvalue weighted by Gasteiger charge is 2.12. The number of amides is 2. The van der Waals surface area contributed by atoms with Crippen LogP contribution in [0.4, 0.5) is 11.4 Å². The Kier molecular flexibility index (Phi) is 6.56. The number of carbonyl (C=O) groups excluding carboxylic acids is 2. The number of nitrogens with zero attached hydrogens (tertiary/aromatic N) is 2.